The summed E-state index contributed by atoms with van der Waals surface area (Å²) in [4.78, 5) is 48.0. The SMILES string of the molecule is CC1(C)C(C(=O)N2CCC(C3(c4ccccn4)NC(=O)N(CC4CCCO4)C3=O)CC2)C1(C)C. The molecule has 3 saturated heterocycles. The van der Waals surface area contributed by atoms with Gasteiger partial charge in [0, 0.05) is 37.7 Å². The van der Waals surface area contributed by atoms with E-state index in [1.165, 1.54) is 4.90 Å². The smallest absolute Gasteiger partial charge is 0.325 e. The molecule has 2 unspecified atom stereocenters. The first-order chi connectivity index (χ1) is 16.1. The molecule has 4 heterocycles. The van der Waals surface area contributed by atoms with Crippen molar-refractivity contribution in [1.82, 2.24) is 20.1 Å². The Labute approximate surface area is 201 Å². The number of amides is 4. The molecule has 8 nitrogen and oxygen atoms in total. The molecule has 1 aromatic heterocycles. The maximum Gasteiger partial charge on any atom is 0.325 e. The van der Waals surface area contributed by atoms with Crippen LogP contribution in [0.5, 0.6) is 0 Å². The first-order valence-electron chi connectivity index (χ1n) is 12.6. The first kappa shape index (κ1) is 23.3. The highest BCUT2D eigenvalue weighted by molar-refractivity contribution is 6.07. The van der Waals surface area contributed by atoms with Crippen LogP contribution in [0.15, 0.2) is 24.4 Å². The quantitative estimate of drug-likeness (QED) is 0.671. The third-order valence-corrected chi connectivity index (χ3v) is 9.30. The number of hydrogen-bond acceptors (Lipinski definition) is 5. The summed E-state index contributed by atoms with van der Waals surface area (Å²) in [5.41, 5.74) is -0.648. The third-order valence-electron chi connectivity index (χ3n) is 9.30. The molecule has 34 heavy (non-hydrogen) atoms. The van der Waals surface area contributed by atoms with Gasteiger partial charge in [-0.05, 0) is 48.6 Å². The Morgan fingerprint density at radius 1 is 1.12 bits per heavy atom. The van der Waals surface area contributed by atoms with E-state index in [1.807, 2.05) is 23.1 Å². The maximum atomic E-state index is 13.9. The van der Waals surface area contributed by atoms with Gasteiger partial charge in [-0.2, -0.15) is 0 Å². The molecule has 1 aromatic rings. The second-order valence-corrected chi connectivity index (χ2v) is 11.5. The van der Waals surface area contributed by atoms with Crippen LogP contribution in [0.1, 0.15) is 59.1 Å². The zero-order valence-corrected chi connectivity index (χ0v) is 20.7. The molecule has 4 fully saturated rings. The van der Waals surface area contributed by atoms with Gasteiger partial charge in [0.05, 0.1) is 18.3 Å². The Kier molecular flexibility index (Phi) is 5.50. The number of likely N-dealkylation sites (tertiary alicyclic amines) is 1. The number of carbonyl (C=O) groups excluding carboxylic acids is 3. The minimum absolute atomic E-state index is 0.00564. The standard InChI is InChI=1S/C26H36N4O4/c1-24(2)20(25(24,3)4)21(31)29-13-10-17(11-14-29)26(19-9-5-6-12-27-19)22(32)30(23(33)28-26)16-18-8-7-15-34-18/h5-6,9,12,17-18,20H,7-8,10-11,13-16H2,1-4H3,(H,28,33). The molecule has 0 bridgehead atoms. The van der Waals surface area contributed by atoms with Crippen LogP contribution in [-0.2, 0) is 19.9 Å². The number of pyridine rings is 1. The fourth-order valence-electron chi connectivity index (χ4n) is 6.54. The molecular weight excluding hydrogens is 432 g/mol. The van der Waals surface area contributed by atoms with Crippen molar-refractivity contribution < 1.29 is 19.1 Å². The molecular formula is C26H36N4O4. The molecule has 3 aliphatic heterocycles. The third kappa shape index (κ3) is 3.36. The van der Waals surface area contributed by atoms with Crippen molar-refractivity contribution in [2.45, 2.75) is 65.0 Å². The highest BCUT2D eigenvalue weighted by atomic mass is 16.5. The van der Waals surface area contributed by atoms with Crippen LogP contribution in [0.3, 0.4) is 0 Å². The predicted molar refractivity (Wildman–Crippen MR) is 125 cm³/mol. The van der Waals surface area contributed by atoms with Crippen molar-refractivity contribution in [3.05, 3.63) is 30.1 Å². The molecule has 184 valence electrons. The molecule has 4 aliphatic rings. The summed E-state index contributed by atoms with van der Waals surface area (Å²) >= 11 is 0. The first-order valence-corrected chi connectivity index (χ1v) is 12.6. The summed E-state index contributed by atoms with van der Waals surface area (Å²) in [7, 11) is 0. The van der Waals surface area contributed by atoms with Crippen molar-refractivity contribution in [2.75, 3.05) is 26.2 Å². The Hall–Kier alpha value is -2.48. The number of nitrogens with one attached hydrogen (secondary N) is 1. The van der Waals surface area contributed by atoms with Crippen LogP contribution >= 0.6 is 0 Å². The lowest BCUT2D eigenvalue weighted by atomic mass is 9.75. The van der Waals surface area contributed by atoms with E-state index in [-0.39, 0.29) is 53.2 Å². The van der Waals surface area contributed by atoms with E-state index in [2.05, 4.69) is 38.0 Å². The topological polar surface area (TPSA) is 91.8 Å². The van der Waals surface area contributed by atoms with Crippen molar-refractivity contribution in [1.29, 1.82) is 0 Å². The summed E-state index contributed by atoms with van der Waals surface area (Å²) in [5, 5.41) is 3.05. The lowest BCUT2D eigenvalue weighted by Gasteiger charge is -2.40. The summed E-state index contributed by atoms with van der Waals surface area (Å²) in [6.07, 6.45) is 4.61. The van der Waals surface area contributed by atoms with E-state index < -0.39 is 5.54 Å². The van der Waals surface area contributed by atoms with Gasteiger partial charge in [0.25, 0.3) is 5.91 Å². The van der Waals surface area contributed by atoms with Crippen molar-refractivity contribution in [3.8, 4) is 0 Å². The van der Waals surface area contributed by atoms with E-state index in [1.54, 1.807) is 6.20 Å². The fourth-order valence-corrected chi connectivity index (χ4v) is 6.54. The fraction of sp³-hybridized carbons (Fsp3) is 0.692. The molecule has 0 radical (unpaired) electrons. The highest BCUT2D eigenvalue weighted by Crippen LogP contribution is 2.68. The lowest BCUT2D eigenvalue weighted by molar-refractivity contribution is -0.138. The number of piperidine rings is 1. The van der Waals surface area contributed by atoms with Crippen LogP contribution in [-0.4, -0.2) is 65.0 Å². The number of carbonyl (C=O) groups is 3. The molecule has 0 aromatic carbocycles. The number of rotatable bonds is 5. The minimum Gasteiger partial charge on any atom is -0.376 e. The lowest BCUT2D eigenvalue weighted by Crippen LogP contribution is -2.55. The minimum atomic E-state index is -1.20. The monoisotopic (exact) mass is 468 g/mol. The maximum absolute atomic E-state index is 13.9. The van der Waals surface area contributed by atoms with E-state index >= 15 is 0 Å². The van der Waals surface area contributed by atoms with E-state index in [9.17, 15) is 14.4 Å². The number of nitrogens with zero attached hydrogens (tertiary/aromatic N) is 3. The van der Waals surface area contributed by atoms with Crippen LogP contribution in [0.25, 0.3) is 0 Å². The van der Waals surface area contributed by atoms with Crippen LogP contribution < -0.4 is 5.32 Å². The van der Waals surface area contributed by atoms with Crippen LogP contribution in [0, 0.1) is 22.7 Å². The molecule has 1 saturated carbocycles. The Morgan fingerprint density at radius 2 is 1.82 bits per heavy atom. The van der Waals surface area contributed by atoms with Gasteiger partial charge in [-0.3, -0.25) is 19.5 Å². The Bertz CT molecular complexity index is 966. The van der Waals surface area contributed by atoms with Gasteiger partial charge in [0.2, 0.25) is 5.91 Å². The molecule has 5 rings (SSSR count). The van der Waals surface area contributed by atoms with Crippen molar-refractivity contribution in [3.63, 3.8) is 0 Å². The number of hydrogen-bond donors (Lipinski definition) is 1. The zero-order chi connectivity index (χ0) is 24.3. The molecule has 8 heteroatoms. The molecule has 1 aliphatic carbocycles. The number of imide groups is 1. The van der Waals surface area contributed by atoms with Crippen LogP contribution in [0.2, 0.25) is 0 Å². The van der Waals surface area contributed by atoms with E-state index in [4.69, 9.17) is 4.74 Å². The number of urea groups is 1. The van der Waals surface area contributed by atoms with Crippen molar-refractivity contribution in [2.24, 2.45) is 22.7 Å². The van der Waals surface area contributed by atoms with E-state index in [0.717, 1.165) is 12.8 Å². The molecule has 4 amide bonds. The normalized spacial score (nSPS) is 31.1. The van der Waals surface area contributed by atoms with Crippen molar-refractivity contribution >= 4 is 17.8 Å². The average Bonchev–Trinajstić information content (AvgIpc) is 3.22. The van der Waals surface area contributed by atoms with Gasteiger partial charge in [0.1, 0.15) is 0 Å². The molecule has 0 spiro atoms. The number of aromatic nitrogens is 1. The summed E-state index contributed by atoms with van der Waals surface area (Å²) < 4.78 is 5.70. The van der Waals surface area contributed by atoms with Gasteiger partial charge in [0.15, 0.2) is 5.54 Å². The summed E-state index contributed by atoms with van der Waals surface area (Å²) in [5.74, 6) is -0.156. The second-order valence-electron chi connectivity index (χ2n) is 11.5. The second kappa shape index (κ2) is 8.04. The average molecular weight is 469 g/mol. The summed E-state index contributed by atoms with van der Waals surface area (Å²) in [6, 6.07) is 5.09. The molecule has 1 N–H and O–H groups in total. The van der Waals surface area contributed by atoms with Gasteiger partial charge >= 0.3 is 6.03 Å². The highest BCUT2D eigenvalue weighted by Gasteiger charge is 2.69. The van der Waals surface area contributed by atoms with Gasteiger partial charge in [-0.25, -0.2) is 4.79 Å². The summed E-state index contributed by atoms with van der Waals surface area (Å²) in [6.45, 7) is 10.7. The molecule has 2 atom stereocenters. The zero-order valence-electron chi connectivity index (χ0n) is 20.7. The largest absolute Gasteiger partial charge is 0.376 e. The van der Waals surface area contributed by atoms with Gasteiger partial charge < -0.3 is 15.0 Å². The van der Waals surface area contributed by atoms with Crippen LogP contribution in [0.4, 0.5) is 4.79 Å². The van der Waals surface area contributed by atoms with Gasteiger partial charge in [-0.15, -0.1) is 0 Å². The Morgan fingerprint density at radius 3 is 2.38 bits per heavy atom. The predicted octanol–water partition coefficient (Wildman–Crippen LogP) is 2.93. The van der Waals surface area contributed by atoms with Gasteiger partial charge in [-0.1, -0.05) is 33.8 Å². The number of ether oxygens (including phenoxy) is 1. The Balaban J connectivity index is 1.37. The van der Waals surface area contributed by atoms with E-state index in [0.29, 0.717) is 38.2 Å².